The van der Waals surface area contributed by atoms with Crippen molar-refractivity contribution in [1.82, 2.24) is 9.97 Å². The largest absolute Gasteiger partial charge is 0.391 e. The number of aliphatic hydroxyl groups excluding tert-OH is 1. The number of rotatable bonds is 2. The summed E-state index contributed by atoms with van der Waals surface area (Å²) in [7, 11) is 0. The summed E-state index contributed by atoms with van der Waals surface area (Å²) in [6.45, 7) is 1.62. The molecule has 3 N–H and O–H groups in total. The fraction of sp³-hybridized carbons (Fsp3) is 0.429. The molecule has 1 rings (SSSR count). The first-order valence-corrected chi connectivity index (χ1v) is 3.41. The molecule has 11 heavy (non-hydrogen) atoms. The molecule has 1 aromatic heterocycles. The van der Waals surface area contributed by atoms with E-state index in [9.17, 15) is 0 Å². The molecule has 0 radical (unpaired) electrons. The zero-order chi connectivity index (χ0) is 8.27. The Bertz CT molecular complexity index is 212. The lowest BCUT2D eigenvalue weighted by Crippen LogP contribution is -2.24. The highest BCUT2D eigenvalue weighted by atomic mass is 16.3. The van der Waals surface area contributed by atoms with E-state index in [2.05, 4.69) is 9.97 Å². The van der Waals surface area contributed by atoms with Crippen molar-refractivity contribution >= 4 is 0 Å². The zero-order valence-electron chi connectivity index (χ0n) is 6.31. The summed E-state index contributed by atoms with van der Waals surface area (Å²) in [6.07, 6.45) is 4.08. The van der Waals surface area contributed by atoms with Crippen LogP contribution in [0.15, 0.2) is 18.6 Å². The molecular weight excluding hydrogens is 142 g/mol. The summed E-state index contributed by atoms with van der Waals surface area (Å²) in [6, 6.07) is -0.441. The highest BCUT2D eigenvalue weighted by Gasteiger charge is 2.12. The smallest absolute Gasteiger partial charge is 0.0780 e. The fourth-order valence-corrected chi connectivity index (χ4v) is 0.730. The van der Waals surface area contributed by atoms with Crippen molar-refractivity contribution in [2.45, 2.75) is 19.1 Å². The second-order valence-electron chi connectivity index (χ2n) is 2.40. The molecule has 0 aliphatic heterocycles. The molecule has 0 bridgehead atoms. The first-order valence-electron chi connectivity index (χ1n) is 3.41. The predicted octanol–water partition coefficient (Wildman–Crippen LogP) is -0.143. The molecule has 1 aromatic rings. The summed E-state index contributed by atoms with van der Waals surface area (Å²) < 4.78 is 0. The summed E-state index contributed by atoms with van der Waals surface area (Å²) in [5.74, 6) is 0. The molecule has 0 fully saturated rings. The van der Waals surface area contributed by atoms with Gasteiger partial charge in [0.25, 0.3) is 0 Å². The van der Waals surface area contributed by atoms with Crippen molar-refractivity contribution in [3.05, 3.63) is 24.3 Å². The minimum Gasteiger partial charge on any atom is -0.391 e. The zero-order valence-corrected chi connectivity index (χ0v) is 6.31. The number of hydrogen-bond acceptors (Lipinski definition) is 4. The topological polar surface area (TPSA) is 72.0 Å². The summed E-state index contributed by atoms with van der Waals surface area (Å²) in [5.41, 5.74) is 6.20. The maximum absolute atomic E-state index is 9.08. The van der Waals surface area contributed by atoms with Gasteiger partial charge in [-0.15, -0.1) is 0 Å². The minimum atomic E-state index is -0.591. The van der Waals surface area contributed by atoms with Gasteiger partial charge in [-0.25, -0.2) is 0 Å². The van der Waals surface area contributed by atoms with E-state index in [1.807, 2.05) is 0 Å². The van der Waals surface area contributed by atoms with Crippen LogP contribution in [0.4, 0.5) is 0 Å². The van der Waals surface area contributed by atoms with Gasteiger partial charge >= 0.3 is 0 Å². The lowest BCUT2D eigenvalue weighted by atomic mass is 10.1. The number of aromatic nitrogens is 2. The van der Waals surface area contributed by atoms with Crippen LogP contribution >= 0.6 is 0 Å². The lowest BCUT2D eigenvalue weighted by molar-refractivity contribution is 0.162. The first kappa shape index (κ1) is 8.10. The maximum Gasteiger partial charge on any atom is 0.0780 e. The Balaban J connectivity index is 2.77. The summed E-state index contributed by atoms with van der Waals surface area (Å²) in [4.78, 5) is 7.79. The molecule has 4 nitrogen and oxygen atoms in total. The van der Waals surface area contributed by atoms with Crippen molar-refractivity contribution in [1.29, 1.82) is 0 Å². The van der Waals surface area contributed by atoms with Crippen LogP contribution in [0.3, 0.4) is 0 Å². The van der Waals surface area contributed by atoms with E-state index < -0.39 is 12.1 Å². The Morgan fingerprint density at radius 1 is 1.55 bits per heavy atom. The van der Waals surface area contributed by atoms with Gasteiger partial charge in [0.2, 0.25) is 0 Å². The van der Waals surface area contributed by atoms with E-state index in [1.54, 1.807) is 25.5 Å². The Hall–Kier alpha value is -1.00. The normalized spacial score (nSPS) is 15.9. The van der Waals surface area contributed by atoms with E-state index in [4.69, 9.17) is 10.8 Å². The van der Waals surface area contributed by atoms with Crippen LogP contribution in [-0.2, 0) is 0 Å². The highest BCUT2D eigenvalue weighted by Crippen LogP contribution is 2.08. The molecule has 4 heteroatoms. The molecule has 0 aromatic carbocycles. The molecule has 0 amide bonds. The number of aliphatic hydroxyl groups is 1. The average Bonchev–Trinajstić information content (AvgIpc) is 2.05. The van der Waals surface area contributed by atoms with Crippen LogP contribution in [0.25, 0.3) is 0 Å². The summed E-state index contributed by atoms with van der Waals surface area (Å²) in [5, 5.41) is 9.08. The molecule has 60 valence electrons. The first-order chi connectivity index (χ1) is 5.22. The second kappa shape index (κ2) is 3.41. The van der Waals surface area contributed by atoms with Gasteiger partial charge in [-0.05, 0) is 6.92 Å². The molecule has 0 saturated heterocycles. The second-order valence-corrected chi connectivity index (χ2v) is 2.40. The average molecular weight is 153 g/mol. The fourth-order valence-electron chi connectivity index (χ4n) is 0.730. The minimum absolute atomic E-state index is 0.441. The van der Waals surface area contributed by atoms with Crippen molar-refractivity contribution in [2.24, 2.45) is 5.73 Å². The predicted molar refractivity (Wildman–Crippen MR) is 40.6 cm³/mol. The Kier molecular flexibility index (Phi) is 2.51. The number of hydrogen-bond donors (Lipinski definition) is 2. The summed E-state index contributed by atoms with van der Waals surface area (Å²) >= 11 is 0. The maximum atomic E-state index is 9.08. The molecule has 0 spiro atoms. The van der Waals surface area contributed by atoms with Crippen LogP contribution in [0.1, 0.15) is 18.7 Å². The SMILES string of the molecule is C[C@@H](O)[C@H](N)c1cnccn1. The molecule has 0 aliphatic carbocycles. The van der Waals surface area contributed by atoms with Gasteiger partial charge < -0.3 is 10.8 Å². The third-order valence-corrected chi connectivity index (χ3v) is 1.44. The van der Waals surface area contributed by atoms with Gasteiger partial charge in [0.15, 0.2) is 0 Å². The third-order valence-electron chi connectivity index (χ3n) is 1.44. The van der Waals surface area contributed by atoms with E-state index in [1.165, 1.54) is 0 Å². The Labute approximate surface area is 65.1 Å². The molecule has 0 aliphatic rings. The Morgan fingerprint density at radius 2 is 2.27 bits per heavy atom. The van der Waals surface area contributed by atoms with Crippen molar-refractivity contribution < 1.29 is 5.11 Å². The highest BCUT2D eigenvalue weighted by molar-refractivity contribution is 5.02. The van der Waals surface area contributed by atoms with Gasteiger partial charge in [0.05, 0.1) is 24.0 Å². The van der Waals surface area contributed by atoms with Crippen LogP contribution in [0.2, 0.25) is 0 Å². The number of nitrogens with zero attached hydrogens (tertiary/aromatic N) is 2. The third kappa shape index (κ3) is 1.96. The molecular formula is C7H11N3O. The van der Waals surface area contributed by atoms with E-state index in [0.29, 0.717) is 5.69 Å². The standard InChI is InChI=1S/C7H11N3O/c1-5(11)7(8)6-4-9-2-3-10-6/h2-5,7,11H,8H2,1H3/t5-,7+/m1/s1. The molecule has 0 unspecified atom stereocenters. The van der Waals surface area contributed by atoms with Crippen LogP contribution in [0, 0.1) is 0 Å². The molecule has 0 saturated carbocycles. The van der Waals surface area contributed by atoms with Gasteiger partial charge in [-0.1, -0.05) is 0 Å². The lowest BCUT2D eigenvalue weighted by Gasteiger charge is -2.12. The van der Waals surface area contributed by atoms with Crippen molar-refractivity contribution in [2.75, 3.05) is 0 Å². The van der Waals surface area contributed by atoms with Gasteiger partial charge in [-0.2, -0.15) is 0 Å². The van der Waals surface area contributed by atoms with E-state index in [0.717, 1.165) is 0 Å². The van der Waals surface area contributed by atoms with Crippen molar-refractivity contribution in [3.8, 4) is 0 Å². The van der Waals surface area contributed by atoms with E-state index >= 15 is 0 Å². The van der Waals surface area contributed by atoms with Crippen LogP contribution in [-0.4, -0.2) is 21.2 Å². The quantitative estimate of drug-likeness (QED) is 0.620. The van der Waals surface area contributed by atoms with Crippen LogP contribution in [0.5, 0.6) is 0 Å². The number of nitrogens with two attached hydrogens (primary N) is 1. The monoisotopic (exact) mass is 153 g/mol. The van der Waals surface area contributed by atoms with Crippen molar-refractivity contribution in [3.63, 3.8) is 0 Å². The Morgan fingerprint density at radius 3 is 2.73 bits per heavy atom. The van der Waals surface area contributed by atoms with Gasteiger partial charge in [-0.3, -0.25) is 9.97 Å². The molecule has 1 heterocycles. The molecule has 2 atom stereocenters. The van der Waals surface area contributed by atoms with E-state index in [-0.39, 0.29) is 0 Å². The van der Waals surface area contributed by atoms with Gasteiger partial charge in [0, 0.05) is 12.4 Å². The van der Waals surface area contributed by atoms with Gasteiger partial charge in [0.1, 0.15) is 0 Å². The van der Waals surface area contributed by atoms with Crippen LogP contribution < -0.4 is 5.73 Å².